The van der Waals surface area contributed by atoms with Gasteiger partial charge in [0.1, 0.15) is 5.75 Å². The van der Waals surface area contributed by atoms with E-state index >= 15 is 0 Å². The van der Waals surface area contributed by atoms with Crippen molar-refractivity contribution < 1.29 is 9.90 Å². The fourth-order valence-corrected chi connectivity index (χ4v) is 1.90. The molecule has 0 aliphatic carbocycles. The third-order valence-electron chi connectivity index (χ3n) is 2.63. The minimum absolute atomic E-state index is 0.0949. The van der Waals surface area contributed by atoms with Gasteiger partial charge in [-0.2, -0.15) is 5.10 Å². The fraction of sp³-hybridized carbons (Fsp3) is 0.0714. The van der Waals surface area contributed by atoms with E-state index in [1.807, 2.05) is 0 Å². The van der Waals surface area contributed by atoms with Gasteiger partial charge in [0.25, 0.3) is 5.91 Å². The molecule has 0 aliphatic heterocycles. The van der Waals surface area contributed by atoms with Crippen molar-refractivity contribution >= 4 is 27.5 Å². The number of aromatic nitrogens is 1. The van der Waals surface area contributed by atoms with Crippen molar-refractivity contribution in [1.82, 2.24) is 10.4 Å². The molecule has 102 valence electrons. The van der Waals surface area contributed by atoms with Gasteiger partial charge in [0.15, 0.2) is 0 Å². The molecule has 0 fully saturated rings. The average Bonchev–Trinajstić information content (AvgIpc) is 2.47. The summed E-state index contributed by atoms with van der Waals surface area (Å²) < 4.78 is 0.704. The largest absolute Gasteiger partial charge is 0.507 e. The monoisotopic (exact) mass is 333 g/mol. The fourth-order valence-electron chi connectivity index (χ4n) is 1.54. The van der Waals surface area contributed by atoms with Gasteiger partial charge in [0, 0.05) is 22.4 Å². The van der Waals surface area contributed by atoms with Gasteiger partial charge in [-0.15, -0.1) is 0 Å². The number of carbonyl (C=O) groups excluding carboxylic acids is 1. The Morgan fingerprint density at radius 3 is 2.70 bits per heavy atom. The molecule has 0 spiro atoms. The zero-order chi connectivity index (χ0) is 14.5. The highest BCUT2D eigenvalue weighted by Gasteiger charge is 2.11. The second-order valence-electron chi connectivity index (χ2n) is 4.04. The SMILES string of the molecule is C/C(=N\NC(=O)c1cc(Br)ccc1O)c1ccncc1. The zero-order valence-electron chi connectivity index (χ0n) is 10.7. The summed E-state index contributed by atoms with van der Waals surface area (Å²) in [7, 11) is 0. The van der Waals surface area contributed by atoms with E-state index < -0.39 is 5.91 Å². The summed E-state index contributed by atoms with van der Waals surface area (Å²) in [5.41, 5.74) is 4.08. The first kappa shape index (κ1) is 14.2. The van der Waals surface area contributed by atoms with Crippen LogP contribution in [0, 0.1) is 0 Å². The standard InChI is InChI=1S/C14H12BrN3O2/c1-9(10-4-6-16-7-5-10)17-18-14(20)12-8-11(15)2-3-13(12)19/h2-8,19H,1H3,(H,18,20)/b17-9+. The number of rotatable bonds is 3. The molecule has 1 heterocycles. The number of amides is 1. The Labute approximate surface area is 124 Å². The second-order valence-corrected chi connectivity index (χ2v) is 4.95. The zero-order valence-corrected chi connectivity index (χ0v) is 12.3. The maximum atomic E-state index is 11.9. The Morgan fingerprint density at radius 2 is 2.00 bits per heavy atom. The molecule has 1 amide bonds. The number of hydrazone groups is 1. The number of hydrogen-bond donors (Lipinski definition) is 2. The van der Waals surface area contributed by atoms with Gasteiger partial charge in [-0.25, -0.2) is 5.43 Å². The molecule has 2 rings (SSSR count). The van der Waals surface area contributed by atoms with Crippen LogP contribution >= 0.6 is 15.9 Å². The highest BCUT2D eigenvalue weighted by Crippen LogP contribution is 2.21. The van der Waals surface area contributed by atoms with Crippen molar-refractivity contribution in [3.05, 3.63) is 58.3 Å². The van der Waals surface area contributed by atoms with Gasteiger partial charge in [-0.05, 0) is 37.3 Å². The molecule has 5 nitrogen and oxygen atoms in total. The Morgan fingerprint density at radius 1 is 1.30 bits per heavy atom. The first-order valence-electron chi connectivity index (χ1n) is 5.81. The van der Waals surface area contributed by atoms with Crippen molar-refractivity contribution in [3.8, 4) is 5.75 Å². The first-order chi connectivity index (χ1) is 9.58. The molecule has 0 saturated heterocycles. The van der Waals surface area contributed by atoms with E-state index in [9.17, 15) is 9.90 Å². The number of pyridine rings is 1. The van der Waals surface area contributed by atoms with Crippen LogP contribution in [0.15, 0.2) is 52.3 Å². The maximum Gasteiger partial charge on any atom is 0.275 e. The van der Waals surface area contributed by atoms with Crippen LogP contribution in [0.25, 0.3) is 0 Å². The van der Waals surface area contributed by atoms with E-state index in [1.165, 1.54) is 12.1 Å². The number of phenols is 1. The van der Waals surface area contributed by atoms with Crippen LogP contribution in [0.3, 0.4) is 0 Å². The lowest BCUT2D eigenvalue weighted by Gasteiger charge is -2.05. The summed E-state index contributed by atoms with van der Waals surface area (Å²) in [6, 6.07) is 8.21. The van der Waals surface area contributed by atoms with Gasteiger partial charge in [0.05, 0.1) is 11.3 Å². The van der Waals surface area contributed by atoms with E-state index in [0.29, 0.717) is 10.2 Å². The van der Waals surface area contributed by atoms with Gasteiger partial charge in [-0.3, -0.25) is 9.78 Å². The molecule has 1 aromatic heterocycles. The highest BCUT2D eigenvalue weighted by molar-refractivity contribution is 9.10. The van der Waals surface area contributed by atoms with Gasteiger partial charge >= 0.3 is 0 Å². The number of hydrogen-bond acceptors (Lipinski definition) is 4. The molecule has 0 bridgehead atoms. The van der Waals surface area contributed by atoms with Crippen LogP contribution in [-0.4, -0.2) is 21.7 Å². The molecule has 2 N–H and O–H groups in total. The van der Waals surface area contributed by atoms with Crippen LogP contribution in [0.1, 0.15) is 22.8 Å². The van der Waals surface area contributed by atoms with E-state index in [4.69, 9.17) is 0 Å². The van der Waals surface area contributed by atoms with Gasteiger partial charge in [0.2, 0.25) is 0 Å². The Hall–Kier alpha value is -2.21. The van der Waals surface area contributed by atoms with Crippen LogP contribution < -0.4 is 5.43 Å². The third-order valence-corrected chi connectivity index (χ3v) is 3.12. The Bertz CT molecular complexity index is 657. The first-order valence-corrected chi connectivity index (χ1v) is 6.61. The highest BCUT2D eigenvalue weighted by atomic mass is 79.9. The molecule has 0 atom stereocenters. The number of benzene rings is 1. The van der Waals surface area contributed by atoms with Crippen molar-refractivity contribution in [2.24, 2.45) is 5.10 Å². The summed E-state index contributed by atoms with van der Waals surface area (Å²) >= 11 is 3.25. The number of nitrogens with zero attached hydrogens (tertiary/aromatic N) is 2. The van der Waals surface area contributed by atoms with E-state index in [2.05, 4.69) is 31.4 Å². The van der Waals surface area contributed by atoms with Crippen molar-refractivity contribution in [3.63, 3.8) is 0 Å². The molecular weight excluding hydrogens is 322 g/mol. The summed E-state index contributed by atoms with van der Waals surface area (Å²) in [6.45, 7) is 1.77. The average molecular weight is 334 g/mol. The Kier molecular flexibility index (Phi) is 4.47. The number of halogens is 1. The van der Waals surface area contributed by atoms with Crippen LogP contribution in [0.5, 0.6) is 5.75 Å². The smallest absolute Gasteiger partial charge is 0.275 e. The van der Waals surface area contributed by atoms with Crippen LogP contribution in [0.4, 0.5) is 0 Å². The predicted octanol–water partition coefficient (Wildman–Crippen LogP) is 2.70. The third kappa shape index (κ3) is 3.42. The molecule has 0 radical (unpaired) electrons. The predicted molar refractivity (Wildman–Crippen MR) is 79.7 cm³/mol. The van der Waals surface area contributed by atoms with Crippen molar-refractivity contribution in [1.29, 1.82) is 0 Å². The number of phenolic OH excluding ortho intramolecular Hbond substituents is 1. The summed E-state index contributed by atoms with van der Waals surface area (Å²) in [5.74, 6) is -0.570. The van der Waals surface area contributed by atoms with E-state index in [-0.39, 0.29) is 11.3 Å². The molecule has 0 saturated carbocycles. The lowest BCUT2D eigenvalue weighted by atomic mass is 10.2. The van der Waals surface area contributed by atoms with E-state index in [0.717, 1.165) is 5.56 Å². The van der Waals surface area contributed by atoms with Gasteiger partial charge < -0.3 is 5.11 Å². The molecule has 20 heavy (non-hydrogen) atoms. The molecular formula is C14H12BrN3O2. The summed E-state index contributed by atoms with van der Waals surface area (Å²) in [5, 5.41) is 13.7. The number of nitrogens with one attached hydrogen (secondary N) is 1. The molecule has 1 aromatic carbocycles. The van der Waals surface area contributed by atoms with Crippen LogP contribution in [-0.2, 0) is 0 Å². The molecule has 2 aromatic rings. The van der Waals surface area contributed by atoms with E-state index in [1.54, 1.807) is 37.5 Å². The number of aromatic hydroxyl groups is 1. The molecule has 0 unspecified atom stereocenters. The topological polar surface area (TPSA) is 74.6 Å². The quantitative estimate of drug-likeness (QED) is 0.669. The minimum Gasteiger partial charge on any atom is -0.507 e. The van der Waals surface area contributed by atoms with Crippen LogP contribution in [0.2, 0.25) is 0 Å². The van der Waals surface area contributed by atoms with Gasteiger partial charge in [-0.1, -0.05) is 15.9 Å². The van der Waals surface area contributed by atoms with Crippen molar-refractivity contribution in [2.75, 3.05) is 0 Å². The molecule has 0 aliphatic rings. The summed E-state index contributed by atoms with van der Waals surface area (Å²) in [4.78, 5) is 15.9. The maximum absolute atomic E-state index is 11.9. The lowest BCUT2D eigenvalue weighted by Crippen LogP contribution is -2.19. The number of carbonyl (C=O) groups is 1. The minimum atomic E-state index is -0.475. The normalized spacial score (nSPS) is 11.2. The lowest BCUT2D eigenvalue weighted by molar-refractivity contribution is 0.0952. The van der Waals surface area contributed by atoms with Crippen molar-refractivity contribution in [2.45, 2.75) is 6.92 Å². The summed E-state index contributed by atoms with van der Waals surface area (Å²) in [6.07, 6.45) is 3.30. The Balaban J connectivity index is 2.14. The molecule has 6 heteroatoms. The second kappa shape index (κ2) is 6.29.